The smallest absolute Gasteiger partial charge is 0.254 e. The van der Waals surface area contributed by atoms with Crippen molar-refractivity contribution in [2.45, 2.75) is 25.9 Å². The molecule has 1 saturated heterocycles. The zero-order valence-electron chi connectivity index (χ0n) is 17.6. The van der Waals surface area contributed by atoms with Crippen molar-refractivity contribution >= 4 is 11.8 Å². The normalized spacial score (nSPS) is 13.5. The maximum atomic E-state index is 12.8. The third-order valence-corrected chi connectivity index (χ3v) is 5.28. The molecule has 0 bridgehead atoms. The minimum absolute atomic E-state index is 0.145. The summed E-state index contributed by atoms with van der Waals surface area (Å²) in [4.78, 5) is 32.3. The quantitative estimate of drug-likeness (QED) is 0.583. The molecule has 0 unspecified atom stereocenters. The van der Waals surface area contributed by atoms with Crippen LogP contribution in [0.1, 0.15) is 34.7 Å². The Hall–Kier alpha value is -3.68. The lowest BCUT2D eigenvalue weighted by atomic mass is 10.1. The molecular weight excluding hydrogens is 396 g/mol. The Morgan fingerprint density at radius 3 is 2.55 bits per heavy atom. The van der Waals surface area contributed by atoms with E-state index in [0.29, 0.717) is 30.2 Å². The van der Waals surface area contributed by atoms with Gasteiger partial charge in [0.25, 0.3) is 5.91 Å². The molecule has 4 rings (SSSR count). The first-order valence-electron chi connectivity index (χ1n) is 10.1. The highest BCUT2D eigenvalue weighted by Crippen LogP contribution is 2.20. The molecule has 3 aromatic rings. The van der Waals surface area contributed by atoms with E-state index in [1.165, 1.54) is 4.90 Å². The van der Waals surface area contributed by atoms with Gasteiger partial charge in [0.2, 0.25) is 17.6 Å². The van der Waals surface area contributed by atoms with Crippen LogP contribution in [-0.4, -0.2) is 52.5 Å². The molecule has 1 aromatic heterocycles. The number of nitrogens with zero attached hydrogens (tertiary/aromatic N) is 4. The lowest BCUT2D eigenvalue weighted by Crippen LogP contribution is -2.26. The van der Waals surface area contributed by atoms with Crippen LogP contribution in [0.2, 0.25) is 0 Å². The van der Waals surface area contributed by atoms with Gasteiger partial charge in [-0.05, 0) is 48.4 Å². The zero-order valence-corrected chi connectivity index (χ0v) is 17.6. The summed E-state index contributed by atoms with van der Waals surface area (Å²) in [6, 6.07) is 14.7. The number of aromatic nitrogens is 2. The van der Waals surface area contributed by atoms with Crippen LogP contribution in [0.3, 0.4) is 0 Å². The van der Waals surface area contributed by atoms with Crippen LogP contribution in [0, 0.1) is 0 Å². The Balaban J connectivity index is 1.37. The molecule has 2 heterocycles. The van der Waals surface area contributed by atoms with Gasteiger partial charge in [-0.3, -0.25) is 9.59 Å². The standard InChI is InChI=1S/C23H24N4O4/c1-26(15-20-24-22(25-31-20)17-9-11-19(30-2)12-10-17)23(29)18-7-5-16(6-8-18)14-27-13-3-4-21(27)28/h5-12H,3-4,13-15H2,1-2H3. The van der Waals surface area contributed by atoms with Crippen LogP contribution < -0.4 is 4.74 Å². The van der Waals surface area contributed by atoms with Gasteiger partial charge in [0, 0.05) is 37.7 Å². The van der Waals surface area contributed by atoms with Crippen molar-refractivity contribution in [1.29, 1.82) is 0 Å². The fraction of sp³-hybridized carbons (Fsp3) is 0.304. The van der Waals surface area contributed by atoms with Crippen molar-refractivity contribution in [3.8, 4) is 17.1 Å². The van der Waals surface area contributed by atoms with E-state index in [1.807, 2.05) is 41.3 Å². The van der Waals surface area contributed by atoms with Crippen molar-refractivity contribution in [3.63, 3.8) is 0 Å². The topological polar surface area (TPSA) is 88.8 Å². The lowest BCUT2D eigenvalue weighted by Gasteiger charge is -2.17. The minimum atomic E-state index is -0.145. The second-order valence-corrected chi connectivity index (χ2v) is 7.52. The van der Waals surface area contributed by atoms with Gasteiger partial charge in [-0.25, -0.2) is 0 Å². The van der Waals surface area contributed by atoms with E-state index < -0.39 is 0 Å². The summed E-state index contributed by atoms with van der Waals surface area (Å²) in [5.41, 5.74) is 2.38. The molecule has 8 nitrogen and oxygen atoms in total. The van der Waals surface area contributed by atoms with Gasteiger partial charge in [0.15, 0.2) is 0 Å². The molecule has 8 heteroatoms. The molecule has 31 heavy (non-hydrogen) atoms. The van der Waals surface area contributed by atoms with E-state index in [2.05, 4.69) is 10.1 Å². The Bertz CT molecular complexity index is 1060. The first-order chi connectivity index (χ1) is 15.0. The highest BCUT2D eigenvalue weighted by Gasteiger charge is 2.20. The fourth-order valence-electron chi connectivity index (χ4n) is 3.52. The summed E-state index contributed by atoms with van der Waals surface area (Å²) in [6.07, 6.45) is 1.53. The molecule has 1 fully saturated rings. The van der Waals surface area contributed by atoms with Gasteiger partial charge >= 0.3 is 0 Å². The summed E-state index contributed by atoms with van der Waals surface area (Å²) in [6.45, 7) is 1.58. The Labute approximate surface area is 180 Å². The van der Waals surface area contributed by atoms with E-state index in [-0.39, 0.29) is 18.4 Å². The molecule has 2 aromatic carbocycles. The number of methoxy groups -OCH3 is 1. The highest BCUT2D eigenvalue weighted by atomic mass is 16.5. The molecule has 1 aliphatic heterocycles. The number of benzene rings is 2. The number of hydrogen-bond acceptors (Lipinski definition) is 6. The van der Waals surface area contributed by atoms with Crippen molar-refractivity contribution in [2.24, 2.45) is 0 Å². The monoisotopic (exact) mass is 420 g/mol. The van der Waals surface area contributed by atoms with Crippen LogP contribution in [0.15, 0.2) is 53.1 Å². The Kier molecular flexibility index (Phi) is 5.97. The SMILES string of the molecule is COc1ccc(-c2noc(CN(C)C(=O)c3ccc(CN4CCCC4=O)cc3)n2)cc1. The van der Waals surface area contributed by atoms with Gasteiger partial charge in [0.1, 0.15) is 5.75 Å². The van der Waals surface area contributed by atoms with Gasteiger partial charge < -0.3 is 19.1 Å². The van der Waals surface area contributed by atoms with E-state index in [0.717, 1.165) is 29.8 Å². The van der Waals surface area contributed by atoms with Crippen LogP contribution in [-0.2, 0) is 17.9 Å². The molecule has 1 aliphatic rings. The maximum Gasteiger partial charge on any atom is 0.254 e. The van der Waals surface area contributed by atoms with Crippen molar-refractivity contribution in [3.05, 3.63) is 65.5 Å². The highest BCUT2D eigenvalue weighted by molar-refractivity contribution is 5.94. The third-order valence-electron chi connectivity index (χ3n) is 5.28. The molecular formula is C23H24N4O4. The molecule has 0 spiro atoms. The summed E-state index contributed by atoms with van der Waals surface area (Å²) >= 11 is 0. The molecule has 0 N–H and O–H groups in total. The van der Waals surface area contributed by atoms with Gasteiger partial charge in [0.05, 0.1) is 13.7 Å². The van der Waals surface area contributed by atoms with E-state index in [4.69, 9.17) is 9.26 Å². The number of carbonyl (C=O) groups excluding carboxylic acids is 2. The second kappa shape index (κ2) is 8.99. The lowest BCUT2D eigenvalue weighted by molar-refractivity contribution is -0.128. The maximum absolute atomic E-state index is 12.8. The fourth-order valence-corrected chi connectivity index (χ4v) is 3.52. The van der Waals surface area contributed by atoms with Crippen molar-refractivity contribution in [2.75, 3.05) is 20.7 Å². The van der Waals surface area contributed by atoms with Gasteiger partial charge in [-0.1, -0.05) is 17.3 Å². The van der Waals surface area contributed by atoms with Crippen LogP contribution in [0.4, 0.5) is 0 Å². The summed E-state index contributed by atoms with van der Waals surface area (Å²) < 4.78 is 10.5. The molecule has 0 aliphatic carbocycles. The first-order valence-corrected chi connectivity index (χ1v) is 10.1. The number of rotatable bonds is 7. The zero-order chi connectivity index (χ0) is 21.8. The summed E-state index contributed by atoms with van der Waals surface area (Å²) in [5, 5.41) is 4.00. The second-order valence-electron chi connectivity index (χ2n) is 7.52. The molecule has 2 amide bonds. The van der Waals surface area contributed by atoms with Crippen molar-refractivity contribution in [1.82, 2.24) is 19.9 Å². The number of hydrogen-bond donors (Lipinski definition) is 0. The molecule has 0 radical (unpaired) electrons. The van der Waals surface area contributed by atoms with Gasteiger partial charge in [-0.2, -0.15) is 4.98 Å². The minimum Gasteiger partial charge on any atom is -0.497 e. The molecule has 0 saturated carbocycles. The molecule has 160 valence electrons. The van der Waals surface area contributed by atoms with E-state index >= 15 is 0 Å². The number of likely N-dealkylation sites (tertiary alicyclic amines) is 1. The number of carbonyl (C=O) groups is 2. The summed E-state index contributed by atoms with van der Waals surface area (Å²) in [5.74, 6) is 1.60. The largest absolute Gasteiger partial charge is 0.497 e. The van der Waals surface area contributed by atoms with E-state index in [1.54, 1.807) is 26.3 Å². The van der Waals surface area contributed by atoms with E-state index in [9.17, 15) is 9.59 Å². The van der Waals surface area contributed by atoms with Crippen LogP contribution >= 0.6 is 0 Å². The Morgan fingerprint density at radius 1 is 1.16 bits per heavy atom. The third kappa shape index (κ3) is 4.74. The van der Waals surface area contributed by atoms with Gasteiger partial charge in [-0.15, -0.1) is 0 Å². The average Bonchev–Trinajstić information content (AvgIpc) is 3.43. The molecule has 0 atom stereocenters. The summed E-state index contributed by atoms with van der Waals surface area (Å²) in [7, 11) is 3.30. The number of amides is 2. The van der Waals surface area contributed by atoms with Crippen LogP contribution in [0.5, 0.6) is 5.75 Å². The average molecular weight is 420 g/mol. The van der Waals surface area contributed by atoms with Crippen LogP contribution in [0.25, 0.3) is 11.4 Å². The predicted octanol–water partition coefficient (Wildman–Crippen LogP) is 3.14. The first kappa shape index (κ1) is 20.6. The van der Waals surface area contributed by atoms with Crippen molar-refractivity contribution < 1.29 is 18.8 Å². The Morgan fingerprint density at radius 2 is 1.90 bits per heavy atom. The number of ether oxygens (including phenoxy) is 1. The predicted molar refractivity (Wildman–Crippen MR) is 113 cm³/mol.